The number of aromatic nitrogens is 2. The fourth-order valence-electron chi connectivity index (χ4n) is 4.12. The summed E-state index contributed by atoms with van der Waals surface area (Å²) < 4.78 is 29.6. The molecule has 2 heterocycles. The Hall–Kier alpha value is -3.26. The molecule has 31 heavy (non-hydrogen) atoms. The zero-order valence-electron chi connectivity index (χ0n) is 17.7. The fourth-order valence-corrected chi connectivity index (χ4v) is 4.12. The third-order valence-corrected chi connectivity index (χ3v) is 5.69. The van der Waals surface area contributed by atoms with Gasteiger partial charge in [0, 0.05) is 24.3 Å². The van der Waals surface area contributed by atoms with Gasteiger partial charge in [-0.15, -0.1) is 0 Å². The van der Waals surface area contributed by atoms with Crippen LogP contribution in [0.1, 0.15) is 25.2 Å². The van der Waals surface area contributed by atoms with E-state index >= 15 is 0 Å². The number of fused-ring (bicyclic) bond motifs is 1. The number of amides is 1. The molecule has 3 N–H and O–H groups in total. The molecule has 162 valence electrons. The number of imidazole rings is 1. The first-order valence-corrected chi connectivity index (χ1v) is 10.1. The number of anilines is 2. The van der Waals surface area contributed by atoms with E-state index < -0.39 is 17.2 Å². The number of nitrogens with zero attached hydrogens (tertiary/aromatic N) is 3. The molecular formula is C23H25F2N5O. The van der Waals surface area contributed by atoms with Crippen molar-refractivity contribution >= 4 is 17.4 Å². The molecule has 2 aromatic carbocycles. The molecule has 0 fully saturated rings. The summed E-state index contributed by atoms with van der Waals surface area (Å²) in [6, 6.07) is 11.6. The van der Waals surface area contributed by atoms with Crippen LogP contribution in [-0.2, 0) is 16.9 Å². The standard InChI is InChI=1S/C23H25F2N5O/c1-14-5-4-6-16(11-14)27-21-20(15-7-8-17(24)18(25)12-15)28-22-23(2,3)30(19(31)13-26)10-9-29(21)22/h4-8,11-12,27H,9-10,13,26H2,1-3H3. The summed E-state index contributed by atoms with van der Waals surface area (Å²) in [6.07, 6.45) is 0. The maximum Gasteiger partial charge on any atom is 0.237 e. The minimum atomic E-state index is -0.941. The van der Waals surface area contributed by atoms with Crippen molar-refractivity contribution in [3.8, 4) is 11.3 Å². The lowest BCUT2D eigenvalue weighted by molar-refractivity contribution is -0.137. The fraction of sp³-hybridized carbons (Fsp3) is 0.304. The molecule has 0 radical (unpaired) electrons. The van der Waals surface area contributed by atoms with Gasteiger partial charge in [0.1, 0.15) is 17.3 Å². The molecule has 0 unspecified atom stereocenters. The predicted molar refractivity (Wildman–Crippen MR) is 116 cm³/mol. The smallest absolute Gasteiger partial charge is 0.237 e. The largest absolute Gasteiger partial charge is 0.340 e. The summed E-state index contributed by atoms with van der Waals surface area (Å²) in [6.45, 7) is 6.68. The molecule has 6 nitrogen and oxygen atoms in total. The lowest BCUT2D eigenvalue weighted by Gasteiger charge is -2.42. The Bertz CT molecular complexity index is 1150. The summed E-state index contributed by atoms with van der Waals surface area (Å²) in [4.78, 5) is 18.9. The Morgan fingerprint density at radius 1 is 1.16 bits per heavy atom. The van der Waals surface area contributed by atoms with Crippen molar-refractivity contribution in [1.29, 1.82) is 0 Å². The Kier molecular flexibility index (Phi) is 5.26. The minimum Gasteiger partial charge on any atom is -0.340 e. The van der Waals surface area contributed by atoms with Crippen LogP contribution in [0.5, 0.6) is 0 Å². The van der Waals surface area contributed by atoms with Crippen molar-refractivity contribution < 1.29 is 13.6 Å². The summed E-state index contributed by atoms with van der Waals surface area (Å²) in [5, 5.41) is 3.41. The van der Waals surface area contributed by atoms with Crippen molar-refractivity contribution in [2.75, 3.05) is 18.4 Å². The molecule has 0 aliphatic carbocycles. The van der Waals surface area contributed by atoms with Crippen molar-refractivity contribution in [3.05, 3.63) is 65.5 Å². The molecule has 8 heteroatoms. The molecule has 1 aliphatic heterocycles. The van der Waals surface area contributed by atoms with Crippen molar-refractivity contribution in [2.24, 2.45) is 5.73 Å². The first-order chi connectivity index (χ1) is 14.7. The SMILES string of the molecule is Cc1cccc(Nc2c(-c3ccc(F)c(F)c3)nc3n2CCN(C(=O)CN)C3(C)C)c1. The van der Waals surface area contributed by atoms with Gasteiger partial charge in [-0.1, -0.05) is 12.1 Å². The van der Waals surface area contributed by atoms with Gasteiger partial charge in [-0.3, -0.25) is 4.79 Å². The maximum absolute atomic E-state index is 14.0. The number of hydrogen-bond donors (Lipinski definition) is 2. The summed E-state index contributed by atoms with van der Waals surface area (Å²) >= 11 is 0. The lowest BCUT2D eigenvalue weighted by Crippen LogP contribution is -2.53. The zero-order valence-corrected chi connectivity index (χ0v) is 17.7. The van der Waals surface area contributed by atoms with Crippen LogP contribution in [0.4, 0.5) is 20.3 Å². The van der Waals surface area contributed by atoms with Gasteiger partial charge in [0.05, 0.1) is 12.1 Å². The molecule has 0 atom stereocenters. The lowest BCUT2D eigenvalue weighted by atomic mass is 9.99. The number of aryl methyl sites for hydroxylation is 1. The van der Waals surface area contributed by atoms with E-state index in [0.717, 1.165) is 23.4 Å². The highest BCUT2D eigenvalue weighted by atomic mass is 19.2. The second-order valence-electron chi connectivity index (χ2n) is 8.22. The summed E-state index contributed by atoms with van der Waals surface area (Å²) in [5.41, 5.74) is 7.75. The van der Waals surface area contributed by atoms with E-state index in [0.29, 0.717) is 36.0 Å². The van der Waals surface area contributed by atoms with E-state index in [2.05, 4.69) is 5.32 Å². The quantitative estimate of drug-likeness (QED) is 0.664. The van der Waals surface area contributed by atoms with E-state index in [4.69, 9.17) is 10.7 Å². The van der Waals surface area contributed by atoms with Crippen LogP contribution in [0.3, 0.4) is 0 Å². The van der Waals surface area contributed by atoms with Crippen molar-refractivity contribution in [2.45, 2.75) is 32.9 Å². The number of carbonyl (C=O) groups is 1. The van der Waals surface area contributed by atoms with Crippen LogP contribution >= 0.6 is 0 Å². The van der Waals surface area contributed by atoms with Crippen LogP contribution < -0.4 is 11.1 Å². The van der Waals surface area contributed by atoms with Crippen LogP contribution in [0.25, 0.3) is 11.3 Å². The Morgan fingerprint density at radius 3 is 2.61 bits per heavy atom. The highest BCUT2D eigenvalue weighted by Gasteiger charge is 2.41. The molecule has 0 spiro atoms. The van der Waals surface area contributed by atoms with Gasteiger partial charge >= 0.3 is 0 Å². The topological polar surface area (TPSA) is 76.2 Å². The van der Waals surface area contributed by atoms with Crippen LogP contribution in [0.2, 0.25) is 0 Å². The molecule has 0 bridgehead atoms. The van der Waals surface area contributed by atoms with Crippen molar-refractivity contribution in [3.63, 3.8) is 0 Å². The number of rotatable bonds is 4. The van der Waals surface area contributed by atoms with E-state index in [1.165, 1.54) is 6.07 Å². The third-order valence-electron chi connectivity index (χ3n) is 5.69. The van der Waals surface area contributed by atoms with Gasteiger partial charge in [-0.05, 0) is 56.7 Å². The highest BCUT2D eigenvalue weighted by molar-refractivity contribution is 5.80. The van der Waals surface area contributed by atoms with Crippen LogP contribution in [-0.4, -0.2) is 33.4 Å². The molecule has 1 aromatic heterocycles. The highest BCUT2D eigenvalue weighted by Crippen LogP contribution is 2.39. The minimum absolute atomic E-state index is 0.0887. The average Bonchev–Trinajstić information content (AvgIpc) is 3.09. The number of nitrogens with two attached hydrogens (primary N) is 1. The molecular weight excluding hydrogens is 400 g/mol. The number of carbonyl (C=O) groups excluding carboxylic acids is 1. The Balaban J connectivity index is 1.89. The van der Waals surface area contributed by atoms with E-state index in [1.54, 1.807) is 4.90 Å². The van der Waals surface area contributed by atoms with Gasteiger partial charge in [0.25, 0.3) is 0 Å². The van der Waals surface area contributed by atoms with Crippen LogP contribution in [0, 0.1) is 18.6 Å². The third kappa shape index (κ3) is 3.67. The van der Waals surface area contributed by atoms with E-state index in [1.807, 2.05) is 49.6 Å². The molecule has 1 amide bonds. The molecule has 0 saturated heterocycles. The Morgan fingerprint density at radius 2 is 1.94 bits per heavy atom. The first-order valence-electron chi connectivity index (χ1n) is 10.1. The second kappa shape index (κ2) is 7.77. The monoisotopic (exact) mass is 425 g/mol. The Labute approximate surface area is 179 Å². The van der Waals surface area contributed by atoms with Gasteiger partial charge < -0.3 is 20.5 Å². The normalized spacial score (nSPS) is 15.0. The van der Waals surface area contributed by atoms with Gasteiger partial charge in [-0.2, -0.15) is 0 Å². The average molecular weight is 425 g/mol. The van der Waals surface area contributed by atoms with Crippen molar-refractivity contribution in [1.82, 2.24) is 14.5 Å². The van der Waals surface area contributed by atoms with Gasteiger partial charge in [0.2, 0.25) is 5.91 Å². The first kappa shape index (κ1) is 21.0. The van der Waals surface area contributed by atoms with Crippen LogP contribution in [0.15, 0.2) is 42.5 Å². The predicted octanol–water partition coefficient (Wildman–Crippen LogP) is 3.92. The van der Waals surface area contributed by atoms with E-state index in [9.17, 15) is 13.6 Å². The summed E-state index contributed by atoms with van der Waals surface area (Å²) in [5.74, 6) is -0.707. The number of halogens is 2. The molecule has 0 saturated carbocycles. The maximum atomic E-state index is 14.0. The van der Waals surface area contributed by atoms with Gasteiger partial charge in [0.15, 0.2) is 11.6 Å². The number of hydrogen-bond acceptors (Lipinski definition) is 4. The second-order valence-corrected chi connectivity index (χ2v) is 8.22. The molecule has 1 aliphatic rings. The molecule has 4 rings (SSSR count). The summed E-state index contributed by atoms with van der Waals surface area (Å²) in [7, 11) is 0. The molecule has 3 aromatic rings. The number of benzene rings is 2. The zero-order chi connectivity index (χ0) is 22.3. The van der Waals surface area contributed by atoms with Gasteiger partial charge in [-0.25, -0.2) is 13.8 Å². The number of nitrogens with one attached hydrogen (secondary N) is 1. The van der Waals surface area contributed by atoms with E-state index in [-0.39, 0.29) is 12.5 Å².